The summed E-state index contributed by atoms with van der Waals surface area (Å²) in [5.41, 5.74) is 7.69. The molecule has 2 saturated heterocycles. The van der Waals surface area contributed by atoms with Crippen molar-refractivity contribution in [1.29, 1.82) is 0 Å². The fraction of sp³-hybridized carbons (Fsp3) is 0.500. The van der Waals surface area contributed by atoms with Gasteiger partial charge in [-0.2, -0.15) is 0 Å². The van der Waals surface area contributed by atoms with Gasteiger partial charge in [-0.05, 0) is 134 Å². The Kier molecular flexibility index (Phi) is 13.4. The number of benzene rings is 3. The number of alkyl halides is 2. The number of rotatable bonds is 12. The maximum Gasteiger partial charge on any atom is 0.309 e. The van der Waals surface area contributed by atoms with Crippen LogP contribution in [0.4, 0.5) is 13.2 Å². The first-order valence-electron chi connectivity index (χ1n) is 20.9. The quantitative estimate of drug-likeness (QED) is 0.131. The van der Waals surface area contributed by atoms with E-state index in [1.165, 1.54) is 22.8 Å². The molecule has 7 nitrogen and oxygen atoms in total. The molecule has 0 bridgehead atoms. The fourth-order valence-electron chi connectivity index (χ4n) is 8.99. The highest BCUT2D eigenvalue weighted by Crippen LogP contribution is 2.62. The van der Waals surface area contributed by atoms with Gasteiger partial charge in [0.05, 0.1) is 12.5 Å². The third-order valence-electron chi connectivity index (χ3n) is 12.4. The SMILES string of the molecule is CCOC(=O)[C@H]1[C@@H]2Cc3cc(OCc4cc(-c5c(C)cc(OCC6(F)CCOCC6)cc5C)ccc4F)ncc3[C@@H]21.Cc1cc(CCC2(F)CCOCC2)cc(C)c1Br. The Bertz CT molecular complexity index is 2100. The van der Waals surface area contributed by atoms with Crippen LogP contribution in [-0.4, -0.2) is 61.9 Å². The summed E-state index contributed by atoms with van der Waals surface area (Å²) in [6.45, 7) is 12.3. The Morgan fingerprint density at radius 3 is 2.15 bits per heavy atom. The zero-order valence-electron chi connectivity index (χ0n) is 34.7. The van der Waals surface area contributed by atoms with Gasteiger partial charge < -0.3 is 23.7 Å². The van der Waals surface area contributed by atoms with E-state index in [4.69, 9.17) is 23.7 Å². The molecular formula is C48H55BrF3NO6. The van der Waals surface area contributed by atoms with Crippen molar-refractivity contribution in [2.45, 2.75) is 103 Å². The zero-order valence-corrected chi connectivity index (χ0v) is 36.3. The van der Waals surface area contributed by atoms with Gasteiger partial charge in [0.1, 0.15) is 36.1 Å². The maximum absolute atomic E-state index is 15.0. The van der Waals surface area contributed by atoms with Crippen molar-refractivity contribution in [1.82, 2.24) is 4.98 Å². The van der Waals surface area contributed by atoms with Crippen LogP contribution in [0.5, 0.6) is 11.6 Å². The number of hydrogen-bond donors (Lipinski definition) is 0. The van der Waals surface area contributed by atoms with Crippen molar-refractivity contribution in [3.8, 4) is 22.8 Å². The highest BCUT2D eigenvalue weighted by molar-refractivity contribution is 9.10. The van der Waals surface area contributed by atoms with Crippen LogP contribution in [0.1, 0.15) is 89.5 Å². The molecule has 3 fully saturated rings. The van der Waals surface area contributed by atoms with Crippen molar-refractivity contribution in [2.24, 2.45) is 11.8 Å². The summed E-state index contributed by atoms with van der Waals surface area (Å²) in [6.07, 6.45) is 5.75. The first-order chi connectivity index (χ1) is 28.3. The molecule has 2 aliphatic heterocycles. The Hall–Kier alpha value is -3.93. The van der Waals surface area contributed by atoms with Crippen LogP contribution >= 0.6 is 15.9 Å². The minimum Gasteiger partial charge on any atom is -0.490 e. The van der Waals surface area contributed by atoms with Crippen LogP contribution in [0.25, 0.3) is 11.1 Å². The predicted octanol–water partition coefficient (Wildman–Crippen LogP) is 10.9. The predicted molar refractivity (Wildman–Crippen MR) is 225 cm³/mol. The van der Waals surface area contributed by atoms with Gasteiger partial charge in [0.2, 0.25) is 5.88 Å². The Balaban J connectivity index is 0.000000245. The average Bonchev–Trinajstić information content (AvgIpc) is 3.80. The van der Waals surface area contributed by atoms with Crippen LogP contribution < -0.4 is 9.47 Å². The number of carbonyl (C=O) groups is 1. The van der Waals surface area contributed by atoms with E-state index in [2.05, 4.69) is 46.9 Å². The first-order valence-corrected chi connectivity index (χ1v) is 21.7. The minimum absolute atomic E-state index is 0.00333. The maximum atomic E-state index is 15.0. The molecule has 3 aromatic carbocycles. The molecule has 2 aliphatic carbocycles. The molecule has 3 atom stereocenters. The highest BCUT2D eigenvalue weighted by Gasteiger charge is 2.60. The van der Waals surface area contributed by atoms with Gasteiger partial charge in [0.25, 0.3) is 0 Å². The Labute approximate surface area is 354 Å². The molecule has 316 valence electrons. The molecule has 8 rings (SSSR count). The average molecular weight is 879 g/mol. The summed E-state index contributed by atoms with van der Waals surface area (Å²) in [7, 11) is 0. The number of hydrogen-bond acceptors (Lipinski definition) is 7. The van der Waals surface area contributed by atoms with E-state index in [1.807, 2.05) is 39.0 Å². The summed E-state index contributed by atoms with van der Waals surface area (Å²) < 4.78 is 72.9. The van der Waals surface area contributed by atoms with Crippen molar-refractivity contribution in [3.05, 3.63) is 110 Å². The Morgan fingerprint density at radius 2 is 1.51 bits per heavy atom. The number of ether oxygens (including phenoxy) is 5. The second-order valence-electron chi connectivity index (χ2n) is 16.8. The van der Waals surface area contributed by atoms with Gasteiger partial charge in [-0.3, -0.25) is 4.79 Å². The lowest BCUT2D eigenvalue weighted by atomic mass is 9.89. The number of fused-ring (bicyclic) bond motifs is 3. The van der Waals surface area contributed by atoms with E-state index in [0.29, 0.717) is 82.3 Å². The normalized spacial score (nSPS) is 21.1. The molecule has 11 heteroatoms. The number of aromatic nitrogens is 1. The van der Waals surface area contributed by atoms with Gasteiger partial charge in [-0.25, -0.2) is 18.2 Å². The lowest BCUT2D eigenvalue weighted by molar-refractivity contribution is -0.145. The second kappa shape index (κ2) is 18.4. The number of pyridine rings is 1. The van der Waals surface area contributed by atoms with E-state index in [-0.39, 0.29) is 42.8 Å². The zero-order chi connectivity index (χ0) is 41.9. The van der Waals surface area contributed by atoms with Gasteiger partial charge in [0.15, 0.2) is 0 Å². The second-order valence-corrected chi connectivity index (χ2v) is 17.6. The number of nitrogens with zero attached hydrogens (tertiary/aromatic N) is 1. The summed E-state index contributed by atoms with van der Waals surface area (Å²) >= 11 is 3.56. The summed E-state index contributed by atoms with van der Waals surface area (Å²) in [6, 6.07) is 15.0. The smallest absolute Gasteiger partial charge is 0.309 e. The lowest BCUT2D eigenvalue weighted by Gasteiger charge is -2.29. The van der Waals surface area contributed by atoms with E-state index in [1.54, 1.807) is 18.3 Å². The largest absolute Gasteiger partial charge is 0.490 e. The standard InChI is InChI=1S/C33H35F2NO5.C15H20BrFO/c1-4-39-32(37)31-25-14-22-15-28(36-16-26(22)30(25)31)40-17-23-13-21(5-6-27(23)34)29-19(2)11-24(12-20(29)3)41-18-33(35)7-9-38-10-8-33;1-11-9-13(10-12(2)14(11)16)3-4-15(17)5-7-18-8-6-15/h5-6,11-13,15-16,25,30-31H,4,7-10,14,17-18H2,1-3H3;9-10H,3-8H2,1-2H3/t25-,30-,31+;/m1./s1. The molecule has 0 amide bonds. The number of carbonyl (C=O) groups excluding carboxylic acids is 1. The number of aryl methyl sites for hydroxylation is 5. The number of halogens is 4. The molecular weight excluding hydrogens is 823 g/mol. The lowest BCUT2D eigenvalue weighted by Crippen LogP contribution is -2.37. The molecule has 0 N–H and O–H groups in total. The van der Waals surface area contributed by atoms with E-state index in [9.17, 15) is 18.0 Å². The summed E-state index contributed by atoms with van der Waals surface area (Å²) in [4.78, 5) is 16.6. The fourth-order valence-corrected chi connectivity index (χ4v) is 9.22. The van der Waals surface area contributed by atoms with Crippen molar-refractivity contribution in [2.75, 3.05) is 39.6 Å². The molecule has 4 aliphatic rings. The third-order valence-corrected chi connectivity index (χ3v) is 13.6. The van der Waals surface area contributed by atoms with Crippen LogP contribution in [0.2, 0.25) is 0 Å². The molecule has 0 spiro atoms. The first kappa shape index (κ1) is 43.2. The van der Waals surface area contributed by atoms with Crippen molar-refractivity contribution < 1.29 is 41.7 Å². The van der Waals surface area contributed by atoms with Gasteiger partial charge in [0, 0.05) is 80.3 Å². The third kappa shape index (κ3) is 10.2. The van der Waals surface area contributed by atoms with Crippen LogP contribution in [-0.2, 0) is 38.5 Å². The van der Waals surface area contributed by atoms with Gasteiger partial charge >= 0.3 is 5.97 Å². The van der Waals surface area contributed by atoms with Crippen LogP contribution in [0.3, 0.4) is 0 Å². The molecule has 4 aromatic rings. The van der Waals surface area contributed by atoms with Crippen molar-refractivity contribution in [3.63, 3.8) is 0 Å². The Morgan fingerprint density at radius 1 is 0.864 bits per heavy atom. The summed E-state index contributed by atoms with van der Waals surface area (Å²) in [5.74, 6) is 0.973. The minimum atomic E-state index is -1.37. The van der Waals surface area contributed by atoms with E-state index < -0.39 is 11.3 Å². The molecule has 1 saturated carbocycles. The molecule has 1 aromatic heterocycles. The van der Waals surface area contributed by atoms with Crippen LogP contribution in [0, 0.1) is 45.3 Å². The van der Waals surface area contributed by atoms with E-state index >= 15 is 0 Å². The molecule has 3 heterocycles. The highest BCUT2D eigenvalue weighted by atomic mass is 79.9. The van der Waals surface area contributed by atoms with Crippen LogP contribution in [0.15, 0.2) is 59.2 Å². The number of esters is 1. The van der Waals surface area contributed by atoms with Crippen molar-refractivity contribution >= 4 is 21.9 Å². The molecule has 0 unspecified atom stereocenters. The molecule has 0 radical (unpaired) electrons. The molecule has 59 heavy (non-hydrogen) atoms. The summed E-state index contributed by atoms with van der Waals surface area (Å²) in [5, 5.41) is 0. The topological polar surface area (TPSA) is 76.1 Å². The van der Waals surface area contributed by atoms with Gasteiger partial charge in [-0.1, -0.05) is 34.1 Å². The van der Waals surface area contributed by atoms with E-state index in [0.717, 1.165) is 50.7 Å². The monoisotopic (exact) mass is 877 g/mol. The van der Waals surface area contributed by atoms with Gasteiger partial charge in [-0.15, -0.1) is 0 Å².